The van der Waals surface area contributed by atoms with Crippen molar-refractivity contribution in [2.24, 2.45) is 5.16 Å². The molecule has 0 aliphatic carbocycles. The zero-order valence-electron chi connectivity index (χ0n) is 14.5. The number of oxime groups is 1. The molecule has 2 aliphatic rings. The number of nitrogens with one attached hydrogen (secondary N) is 2. The number of hydrogen-bond acceptors (Lipinski definition) is 5. The number of aromatic nitrogens is 2. The van der Waals surface area contributed by atoms with Crippen molar-refractivity contribution >= 4 is 29.0 Å². The van der Waals surface area contributed by atoms with Gasteiger partial charge in [-0.1, -0.05) is 16.8 Å². The molecule has 2 bridgehead atoms. The van der Waals surface area contributed by atoms with Gasteiger partial charge in [-0.3, -0.25) is 0 Å². The number of aromatic amines is 1. The second kappa shape index (κ2) is 6.76. The lowest BCUT2D eigenvalue weighted by Crippen LogP contribution is -2.48. The number of urea groups is 1. The van der Waals surface area contributed by atoms with Crippen LogP contribution in [0.2, 0.25) is 5.02 Å². The van der Waals surface area contributed by atoms with Gasteiger partial charge >= 0.3 is 17.9 Å². The van der Waals surface area contributed by atoms with Gasteiger partial charge in [-0.15, -0.1) is 0 Å². The molecule has 2 amide bonds. The van der Waals surface area contributed by atoms with Crippen LogP contribution in [-0.4, -0.2) is 37.9 Å². The minimum Gasteiger partial charge on any atom is -0.411 e. The lowest BCUT2D eigenvalue weighted by Gasteiger charge is -2.35. The Morgan fingerprint density at radius 1 is 1.34 bits per heavy atom. The molecule has 2 unspecified atom stereocenters. The molecule has 1 aromatic heterocycles. The molecule has 152 valence electrons. The molecule has 2 aromatic rings. The molecule has 0 spiro atoms. The number of H-pyrrole nitrogens is 1. The Morgan fingerprint density at radius 3 is 2.72 bits per heavy atom. The van der Waals surface area contributed by atoms with Crippen LogP contribution in [-0.2, 0) is 6.18 Å². The van der Waals surface area contributed by atoms with Crippen LogP contribution in [0.3, 0.4) is 0 Å². The van der Waals surface area contributed by atoms with Crippen molar-refractivity contribution in [1.82, 2.24) is 14.9 Å². The van der Waals surface area contributed by atoms with Crippen LogP contribution in [0.15, 0.2) is 34.3 Å². The Morgan fingerprint density at radius 2 is 2.07 bits per heavy atom. The second-order valence-electron chi connectivity index (χ2n) is 6.63. The van der Waals surface area contributed by atoms with Gasteiger partial charge in [0.05, 0.1) is 22.7 Å². The fourth-order valence-corrected chi connectivity index (χ4v) is 4.10. The fraction of sp³-hybridized carbons (Fsp3) is 0.294. The Hall–Kier alpha value is -3.08. The number of benzene rings is 1. The topological polar surface area (TPSA) is 111 Å². The van der Waals surface area contributed by atoms with E-state index in [-0.39, 0.29) is 17.1 Å². The molecule has 12 heteroatoms. The van der Waals surface area contributed by atoms with Crippen molar-refractivity contribution in [3.63, 3.8) is 0 Å². The highest BCUT2D eigenvalue weighted by Crippen LogP contribution is 2.43. The van der Waals surface area contributed by atoms with Crippen molar-refractivity contribution in [1.29, 1.82) is 0 Å². The Balaban J connectivity index is 1.64. The third-order valence-corrected chi connectivity index (χ3v) is 5.32. The smallest absolute Gasteiger partial charge is 0.411 e. The van der Waals surface area contributed by atoms with Gasteiger partial charge in [0, 0.05) is 17.4 Å². The van der Waals surface area contributed by atoms with Gasteiger partial charge in [-0.05, 0) is 31.0 Å². The second-order valence-corrected chi connectivity index (χ2v) is 7.04. The maximum absolute atomic E-state index is 12.9. The average molecular weight is 428 g/mol. The summed E-state index contributed by atoms with van der Waals surface area (Å²) in [5, 5.41) is 14.7. The van der Waals surface area contributed by atoms with Gasteiger partial charge in [0.25, 0.3) is 0 Å². The summed E-state index contributed by atoms with van der Waals surface area (Å²) in [5.74, 6) is 0. The summed E-state index contributed by atoms with van der Waals surface area (Å²) in [5.41, 5.74) is -0.701. The van der Waals surface area contributed by atoms with Crippen LogP contribution in [0, 0.1) is 0 Å². The largest absolute Gasteiger partial charge is 0.417 e. The summed E-state index contributed by atoms with van der Waals surface area (Å²) in [7, 11) is 0. The molecule has 4 rings (SSSR count). The van der Waals surface area contributed by atoms with E-state index in [9.17, 15) is 28.0 Å². The normalized spacial score (nSPS) is 21.9. The molecule has 1 aromatic carbocycles. The number of carbonyl (C=O) groups excluding carboxylic acids is 1. The Labute approximate surface area is 166 Å². The van der Waals surface area contributed by atoms with Crippen LogP contribution in [0.1, 0.15) is 35.7 Å². The lowest BCUT2D eigenvalue weighted by molar-refractivity contribution is -0.137. The van der Waals surface area contributed by atoms with Gasteiger partial charge < -0.3 is 20.4 Å². The first-order chi connectivity index (χ1) is 13.7. The van der Waals surface area contributed by atoms with Crippen molar-refractivity contribution in [3.8, 4) is 0 Å². The first kappa shape index (κ1) is 19.2. The predicted molar refractivity (Wildman–Crippen MR) is 96.3 cm³/mol. The molecule has 0 radical (unpaired) electrons. The molecule has 3 N–H and O–H groups in total. The van der Waals surface area contributed by atoms with E-state index in [1.54, 1.807) is 0 Å². The number of alkyl halides is 3. The zero-order valence-corrected chi connectivity index (χ0v) is 15.3. The minimum absolute atomic E-state index is 0.0836. The first-order valence-electron chi connectivity index (χ1n) is 8.48. The summed E-state index contributed by atoms with van der Waals surface area (Å²) < 4.78 is 38.5. The summed E-state index contributed by atoms with van der Waals surface area (Å²) >= 11 is 5.70. The van der Waals surface area contributed by atoms with Crippen LogP contribution >= 0.6 is 11.6 Å². The fourth-order valence-electron chi connectivity index (χ4n) is 3.82. The van der Waals surface area contributed by atoms with Crippen LogP contribution in [0.25, 0.3) is 0 Å². The lowest BCUT2D eigenvalue weighted by atomic mass is 9.98. The van der Waals surface area contributed by atoms with Crippen LogP contribution in [0.5, 0.6) is 0 Å². The maximum atomic E-state index is 12.9. The quantitative estimate of drug-likeness (QED) is 0.478. The van der Waals surface area contributed by atoms with Crippen molar-refractivity contribution in [2.45, 2.75) is 31.1 Å². The van der Waals surface area contributed by atoms with Crippen LogP contribution in [0.4, 0.5) is 23.7 Å². The standard InChI is InChI=1S/C17H13ClF3N5O3/c18-10-5-7(1-2-9(10)17(19,20)21)23-16(28)26-11-3-4-12(26)14(25-29)13-8(11)6-22-15(27)24-13/h1-2,5-6,11-12,29H,3-4H2,(H,23,28)(H,22,24,27). The summed E-state index contributed by atoms with van der Waals surface area (Å²) in [6.45, 7) is 0. The van der Waals surface area contributed by atoms with Gasteiger partial charge in [0.2, 0.25) is 0 Å². The minimum atomic E-state index is -4.61. The highest BCUT2D eigenvalue weighted by Gasteiger charge is 2.47. The van der Waals surface area contributed by atoms with Crippen molar-refractivity contribution in [3.05, 3.63) is 56.7 Å². The molecule has 2 aliphatic heterocycles. The van der Waals surface area contributed by atoms with Gasteiger partial charge in [-0.25, -0.2) is 9.59 Å². The van der Waals surface area contributed by atoms with E-state index in [0.717, 1.165) is 18.2 Å². The number of nitrogens with zero attached hydrogens (tertiary/aromatic N) is 3. The Bertz CT molecular complexity index is 1080. The van der Waals surface area contributed by atoms with Crippen molar-refractivity contribution in [2.75, 3.05) is 5.32 Å². The predicted octanol–water partition coefficient (Wildman–Crippen LogP) is 3.37. The molecule has 29 heavy (non-hydrogen) atoms. The van der Waals surface area contributed by atoms with E-state index < -0.39 is 40.6 Å². The summed E-state index contributed by atoms with van der Waals surface area (Å²) in [6, 6.07) is 1.24. The van der Waals surface area contributed by atoms with E-state index in [1.807, 2.05) is 0 Å². The number of anilines is 1. The molecule has 2 atom stereocenters. The number of hydrogen-bond donors (Lipinski definition) is 3. The van der Waals surface area contributed by atoms with E-state index in [4.69, 9.17) is 11.6 Å². The number of amides is 2. The highest BCUT2D eigenvalue weighted by atomic mass is 35.5. The monoisotopic (exact) mass is 427 g/mol. The SMILES string of the molecule is O=C(Nc1ccc(C(F)(F)F)c(Cl)c1)N1C2CCC1c1c[nH]c(=O)nc1C2=NO. The maximum Gasteiger partial charge on any atom is 0.417 e. The molecule has 0 saturated carbocycles. The molecular weight excluding hydrogens is 415 g/mol. The molecule has 1 saturated heterocycles. The van der Waals surface area contributed by atoms with Gasteiger partial charge in [-0.2, -0.15) is 18.2 Å². The van der Waals surface area contributed by atoms with Gasteiger partial charge in [0.15, 0.2) is 0 Å². The number of rotatable bonds is 1. The molecule has 8 nitrogen and oxygen atoms in total. The molecule has 1 fully saturated rings. The van der Waals surface area contributed by atoms with E-state index in [1.165, 1.54) is 11.1 Å². The van der Waals surface area contributed by atoms with Crippen molar-refractivity contribution < 1.29 is 23.2 Å². The van der Waals surface area contributed by atoms with Gasteiger partial charge in [0.1, 0.15) is 11.4 Å². The third-order valence-electron chi connectivity index (χ3n) is 5.01. The van der Waals surface area contributed by atoms with E-state index >= 15 is 0 Å². The third kappa shape index (κ3) is 3.20. The summed E-state index contributed by atoms with van der Waals surface area (Å²) in [6.07, 6.45) is -2.19. The molecular formula is C17H13ClF3N5O3. The number of halogens is 4. The number of fused-ring (bicyclic) bond motifs is 4. The molecule has 3 heterocycles. The zero-order chi connectivity index (χ0) is 20.9. The Kier molecular flexibility index (Phi) is 4.49. The number of carbonyl (C=O) groups is 1. The average Bonchev–Trinajstić information content (AvgIpc) is 3.00. The van der Waals surface area contributed by atoms with E-state index in [0.29, 0.717) is 18.4 Å². The summed E-state index contributed by atoms with van der Waals surface area (Å²) in [4.78, 5) is 32.1. The van der Waals surface area contributed by atoms with E-state index in [2.05, 4.69) is 20.4 Å². The van der Waals surface area contributed by atoms with Crippen LogP contribution < -0.4 is 11.0 Å². The highest BCUT2D eigenvalue weighted by molar-refractivity contribution is 6.31. The first-order valence-corrected chi connectivity index (χ1v) is 8.86.